The van der Waals surface area contributed by atoms with E-state index in [9.17, 15) is 14.0 Å². The van der Waals surface area contributed by atoms with Crippen molar-refractivity contribution in [2.45, 2.75) is 6.04 Å². The highest BCUT2D eigenvalue weighted by atomic mass is 19.1. The van der Waals surface area contributed by atoms with Crippen LogP contribution in [0, 0.1) is 5.82 Å². The number of fused-ring (bicyclic) bond motifs is 1. The Bertz CT molecular complexity index is 937. The molecule has 0 bridgehead atoms. The van der Waals surface area contributed by atoms with Crippen LogP contribution in [0.15, 0.2) is 42.5 Å². The third-order valence-electron chi connectivity index (χ3n) is 3.95. The maximum atomic E-state index is 12.9. The van der Waals surface area contributed by atoms with Gasteiger partial charge in [-0.05, 0) is 42.5 Å². The number of amides is 2. The largest absolute Gasteiger partial charge is 0.339 e. The van der Waals surface area contributed by atoms with Gasteiger partial charge in [-0.3, -0.25) is 9.59 Å². The zero-order chi connectivity index (χ0) is 16.7. The summed E-state index contributed by atoms with van der Waals surface area (Å²) in [4.78, 5) is 25.9. The number of carbonyl (C=O) groups excluding carboxylic acids is 2. The number of aromatic amines is 1. The fourth-order valence-electron chi connectivity index (χ4n) is 2.61. The van der Waals surface area contributed by atoms with Gasteiger partial charge in [0, 0.05) is 11.3 Å². The number of rotatable bonds is 3. The molecular weight excluding hydrogens is 313 g/mol. The summed E-state index contributed by atoms with van der Waals surface area (Å²) in [5, 5.41) is 13.0. The molecule has 0 radical (unpaired) electrons. The lowest BCUT2D eigenvalue weighted by atomic mass is 10.1. The van der Waals surface area contributed by atoms with Gasteiger partial charge in [0.1, 0.15) is 22.9 Å². The standard InChI is InChI=1S/C16H12FN5O2/c17-10-2-4-11(5-3-10)22-8-14(16(22)24)18-15(23)9-1-6-12-13(7-9)20-21-19-12/h1-7,14H,8H2,(H,18,23)(H,19,20,21)/t14-/m1/s1. The predicted molar refractivity (Wildman–Crippen MR) is 83.9 cm³/mol. The zero-order valence-corrected chi connectivity index (χ0v) is 12.4. The minimum absolute atomic E-state index is 0.225. The summed E-state index contributed by atoms with van der Waals surface area (Å²) in [5.41, 5.74) is 2.25. The number of carbonyl (C=O) groups is 2. The fourth-order valence-corrected chi connectivity index (χ4v) is 2.61. The number of anilines is 1. The maximum absolute atomic E-state index is 12.9. The van der Waals surface area contributed by atoms with Crippen molar-refractivity contribution in [3.63, 3.8) is 0 Å². The van der Waals surface area contributed by atoms with Crippen LogP contribution in [0.3, 0.4) is 0 Å². The summed E-state index contributed by atoms with van der Waals surface area (Å²) in [7, 11) is 0. The smallest absolute Gasteiger partial charge is 0.252 e. The van der Waals surface area contributed by atoms with E-state index in [0.29, 0.717) is 28.8 Å². The fraction of sp³-hybridized carbons (Fsp3) is 0.125. The van der Waals surface area contributed by atoms with Gasteiger partial charge in [-0.2, -0.15) is 15.4 Å². The van der Waals surface area contributed by atoms with Crippen LogP contribution < -0.4 is 10.2 Å². The van der Waals surface area contributed by atoms with Crippen molar-refractivity contribution >= 4 is 28.5 Å². The Morgan fingerprint density at radius 1 is 1.17 bits per heavy atom. The summed E-state index contributed by atoms with van der Waals surface area (Å²) in [6, 6.07) is 9.98. The molecule has 0 aliphatic carbocycles. The first-order chi connectivity index (χ1) is 11.6. The summed E-state index contributed by atoms with van der Waals surface area (Å²) in [6.07, 6.45) is 0. The van der Waals surface area contributed by atoms with Gasteiger partial charge in [-0.25, -0.2) is 4.39 Å². The van der Waals surface area contributed by atoms with Crippen LogP contribution >= 0.6 is 0 Å². The first kappa shape index (κ1) is 14.3. The number of nitrogens with one attached hydrogen (secondary N) is 2. The topological polar surface area (TPSA) is 91.0 Å². The van der Waals surface area contributed by atoms with Crippen LogP contribution in [-0.2, 0) is 4.79 Å². The Hall–Kier alpha value is -3.29. The van der Waals surface area contributed by atoms with Crippen molar-refractivity contribution < 1.29 is 14.0 Å². The molecule has 0 unspecified atom stereocenters. The van der Waals surface area contributed by atoms with Crippen molar-refractivity contribution in [1.82, 2.24) is 20.7 Å². The highest BCUT2D eigenvalue weighted by Crippen LogP contribution is 2.22. The quantitative estimate of drug-likeness (QED) is 0.709. The summed E-state index contributed by atoms with van der Waals surface area (Å²) < 4.78 is 12.9. The molecule has 0 spiro atoms. The molecule has 7 nitrogen and oxygen atoms in total. The van der Waals surface area contributed by atoms with Gasteiger partial charge >= 0.3 is 0 Å². The summed E-state index contributed by atoms with van der Waals surface area (Å²) in [5.74, 6) is -0.936. The highest BCUT2D eigenvalue weighted by Gasteiger charge is 2.38. The number of β-lactam (4-membered cyclic amide) rings is 1. The average molecular weight is 325 g/mol. The molecule has 4 rings (SSSR count). The van der Waals surface area contributed by atoms with E-state index in [-0.39, 0.29) is 17.6 Å². The number of aromatic nitrogens is 3. The molecule has 2 aromatic carbocycles. The molecule has 1 aliphatic heterocycles. The van der Waals surface area contributed by atoms with Gasteiger partial charge in [0.2, 0.25) is 0 Å². The van der Waals surface area contributed by atoms with Crippen molar-refractivity contribution in [3.8, 4) is 0 Å². The van der Waals surface area contributed by atoms with Crippen LogP contribution in [0.25, 0.3) is 11.0 Å². The molecule has 0 saturated carbocycles. The lowest BCUT2D eigenvalue weighted by Gasteiger charge is -2.38. The number of hydrogen-bond donors (Lipinski definition) is 2. The third-order valence-corrected chi connectivity index (χ3v) is 3.95. The van der Waals surface area contributed by atoms with Crippen molar-refractivity contribution in [2.75, 3.05) is 11.4 Å². The minimum atomic E-state index is -0.587. The van der Waals surface area contributed by atoms with Gasteiger partial charge < -0.3 is 10.2 Å². The minimum Gasteiger partial charge on any atom is -0.339 e. The van der Waals surface area contributed by atoms with Crippen LogP contribution in [-0.4, -0.2) is 39.8 Å². The molecule has 1 saturated heterocycles. The molecule has 1 aromatic heterocycles. The predicted octanol–water partition coefficient (Wildman–Crippen LogP) is 1.24. The Labute approximate surface area is 135 Å². The van der Waals surface area contributed by atoms with E-state index in [1.54, 1.807) is 18.2 Å². The molecule has 2 heterocycles. The van der Waals surface area contributed by atoms with Crippen LogP contribution in [0.4, 0.5) is 10.1 Å². The second-order valence-electron chi connectivity index (χ2n) is 5.48. The maximum Gasteiger partial charge on any atom is 0.252 e. The number of benzene rings is 2. The van der Waals surface area contributed by atoms with E-state index in [4.69, 9.17) is 0 Å². The molecule has 3 aromatic rings. The van der Waals surface area contributed by atoms with E-state index in [0.717, 1.165) is 0 Å². The van der Waals surface area contributed by atoms with E-state index in [1.165, 1.54) is 29.2 Å². The number of halogens is 1. The summed E-state index contributed by atoms with van der Waals surface area (Å²) >= 11 is 0. The van der Waals surface area contributed by atoms with Gasteiger partial charge in [0.15, 0.2) is 0 Å². The van der Waals surface area contributed by atoms with Gasteiger partial charge in [0.05, 0.1) is 6.54 Å². The lowest BCUT2D eigenvalue weighted by Crippen LogP contribution is -2.64. The molecule has 8 heteroatoms. The van der Waals surface area contributed by atoms with Gasteiger partial charge in [-0.1, -0.05) is 0 Å². The van der Waals surface area contributed by atoms with Crippen molar-refractivity contribution in [2.24, 2.45) is 0 Å². The van der Waals surface area contributed by atoms with Crippen LogP contribution in [0.1, 0.15) is 10.4 Å². The number of H-pyrrole nitrogens is 1. The Morgan fingerprint density at radius 3 is 2.67 bits per heavy atom. The molecule has 1 aliphatic rings. The second kappa shape index (κ2) is 5.41. The van der Waals surface area contributed by atoms with E-state index in [1.807, 2.05) is 0 Å². The molecular formula is C16H12FN5O2. The molecule has 2 N–H and O–H groups in total. The van der Waals surface area contributed by atoms with Gasteiger partial charge in [-0.15, -0.1) is 0 Å². The Balaban J connectivity index is 1.43. The molecule has 1 atom stereocenters. The monoisotopic (exact) mass is 325 g/mol. The average Bonchev–Trinajstić information content (AvgIpc) is 3.06. The molecule has 120 valence electrons. The lowest BCUT2D eigenvalue weighted by molar-refractivity contribution is -0.124. The van der Waals surface area contributed by atoms with Crippen LogP contribution in [0.5, 0.6) is 0 Å². The Kier molecular flexibility index (Phi) is 3.23. The SMILES string of the molecule is O=C(N[C@@H]1CN(c2ccc(F)cc2)C1=O)c1ccc2n[nH]nc2c1. The highest BCUT2D eigenvalue weighted by molar-refractivity contribution is 6.08. The van der Waals surface area contributed by atoms with E-state index in [2.05, 4.69) is 20.7 Å². The zero-order valence-electron chi connectivity index (χ0n) is 12.4. The van der Waals surface area contributed by atoms with E-state index >= 15 is 0 Å². The van der Waals surface area contributed by atoms with Crippen LogP contribution in [0.2, 0.25) is 0 Å². The van der Waals surface area contributed by atoms with Gasteiger partial charge in [0.25, 0.3) is 11.8 Å². The molecule has 1 fully saturated rings. The molecule has 2 amide bonds. The first-order valence-electron chi connectivity index (χ1n) is 7.30. The normalized spacial score (nSPS) is 17.0. The molecule has 24 heavy (non-hydrogen) atoms. The summed E-state index contributed by atoms with van der Waals surface area (Å²) in [6.45, 7) is 0.350. The number of hydrogen-bond acceptors (Lipinski definition) is 4. The van der Waals surface area contributed by atoms with Crippen molar-refractivity contribution in [3.05, 3.63) is 53.8 Å². The van der Waals surface area contributed by atoms with Crippen molar-refractivity contribution in [1.29, 1.82) is 0 Å². The number of nitrogens with zero attached hydrogens (tertiary/aromatic N) is 3. The third kappa shape index (κ3) is 2.37. The Morgan fingerprint density at radius 2 is 1.92 bits per heavy atom. The second-order valence-corrected chi connectivity index (χ2v) is 5.48. The van der Waals surface area contributed by atoms with E-state index < -0.39 is 6.04 Å². The first-order valence-corrected chi connectivity index (χ1v) is 7.30.